The molecule has 3 rings (SSSR count). The number of nitrogens with zero attached hydrogens (tertiary/aromatic N) is 2. The number of hydrogen-bond acceptors (Lipinski definition) is 3. The molecule has 0 bridgehead atoms. The van der Waals surface area contributed by atoms with Crippen molar-refractivity contribution in [2.45, 2.75) is 0 Å². The molecule has 1 aromatic carbocycles. The highest BCUT2D eigenvalue weighted by atomic mass is 16.2. The largest absolute Gasteiger partial charge is 0.357 e. The number of hydrogen-bond donors (Lipinski definition) is 1. The van der Waals surface area contributed by atoms with Gasteiger partial charge in [-0.05, 0) is 5.56 Å². The zero-order chi connectivity index (χ0) is 16.8. The van der Waals surface area contributed by atoms with Gasteiger partial charge in [0.2, 0.25) is 0 Å². The summed E-state index contributed by atoms with van der Waals surface area (Å²) in [6, 6.07) is 13.0. The first-order valence-corrected chi connectivity index (χ1v) is 8.14. The summed E-state index contributed by atoms with van der Waals surface area (Å²) in [5.74, 6) is -0.104. The van der Waals surface area contributed by atoms with Crippen LogP contribution in [0.3, 0.4) is 0 Å². The van der Waals surface area contributed by atoms with E-state index in [1.54, 1.807) is 4.90 Å². The lowest BCUT2D eigenvalue weighted by atomic mass is 10.2. The maximum Gasteiger partial charge on any atom is 0.270 e. The van der Waals surface area contributed by atoms with E-state index in [0.29, 0.717) is 18.8 Å². The number of benzene rings is 1. The maximum absolute atomic E-state index is 12.4. The lowest BCUT2D eigenvalue weighted by Crippen LogP contribution is -2.48. The third-order valence-electron chi connectivity index (χ3n) is 4.14. The Balaban J connectivity index is 1.50. The van der Waals surface area contributed by atoms with Crippen LogP contribution in [0.15, 0.2) is 59.5 Å². The predicted octanol–water partition coefficient (Wildman–Crippen LogP) is 1.85. The monoisotopic (exact) mass is 323 g/mol. The van der Waals surface area contributed by atoms with Crippen LogP contribution in [0.1, 0.15) is 16.1 Å². The summed E-state index contributed by atoms with van der Waals surface area (Å²) in [5.41, 5.74) is 1.40. The molecular formula is C19H21N3O2. The van der Waals surface area contributed by atoms with Crippen molar-refractivity contribution in [3.8, 4) is 0 Å². The van der Waals surface area contributed by atoms with Gasteiger partial charge >= 0.3 is 0 Å². The summed E-state index contributed by atoms with van der Waals surface area (Å²) in [5, 5.41) is 0. The van der Waals surface area contributed by atoms with Crippen molar-refractivity contribution in [1.29, 1.82) is 0 Å². The summed E-state index contributed by atoms with van der Waals surface area (Å²) in [6.45, 7) is 3.90. The first kappa shape index (κ1) is 16.2. The number of pyridine rings is 1. The highest BCUT2D eigenvalue weighted by molar-refractivity contribution is 5.92. The molecule has 0 radical (unpaired) electrons. The van der Waals surface area contributed by atoms with Crippen molar-refractivity contribution in [3.05, 3.63) is 76.2 Å². The van der Waals surface area contributed by atoms with Crippen LogP contribution in [0.25, 0.3) is 6.08 Å². The molecule has 0 unspecified atom stereocenters. The number of carbonyl (C=O) groups excluding carboxylic acids is 1. The van der Waals surface area contributed by atoms with Gasteiger partial charge in [-0.15, -0.1) is 0 Å². The molecular weight excluding hydrogens is 302 g/mol. The average Bonchev–Trinajstić information content (AvgIpc) is 2.63. The number of carbonyl (C=O) groups is 1. The highest BCUT2D eigenvalue weighted by Gasteiger charge is 2.21. The van der Waals surface area contributed by atoms with Crippen LogP contribution in [0.4, 0.5) is 0 Å². The second kappa shape index (κ2) is 7.75. The molecule has 2 heterocycles. The van der Waals surface area contributed by atoms with Crippen molar-refractivity contribution in [2.24, 2.45) is 0 Å². The molecule has 1 fully saturated rings. The summed E-state index contributed by atoms with van der Waals surface area (Å²) in [7, 11) is 0. The van der Waals surface area contributed by atoms with Crippen molar-refractivity contribution in [1.82, 2.24) is 14.8 Å². The Hall–Kier alpha value is -2.66. The predicted molar refractivity (Wildman–Crippen MR) is 94.9 cm³/mol. The normalized spacial score (nSPS) is 15.8. The topological polar surface area (TPSA) is 56.4 Å². The molecule has 5 heteroatoms. The van der Waals surface area contributed by atoms with E-state index in [0.717, 1.165) is 19.6 Å². The first-order valence-electron chi connectivity index (χ1n) is 8.14. The van der Waals surface area contributed by atoms with Crippen LogP contribution in [-0.2, 0) is 0 Å². The van der Waals surface area contributed by atoms with Crippen molar-refractivity contribution in [2.75, 3.05) is 32.7 Å². The van der Waals surface area contributed by atoms with Crippen LogP contribution in [0.5, 0.6) is 0 Å². The van der Waals surface area contributed by atoms with Crippen LogP contribution in [0.2, 0.25) is 0 Å². The molecule has 5 nitrogen and oxygen atoms in total. The van der Waals surface area contributed by atoms with Crippen molar-refractivity contribution < 1.29 is 4.79 Å². The maximum atomic E-state index is 12.4. The number of aromatic nitrogens is 1. The zero-order valence-corrected chi connectivity index (χ0v) is 13.5. The number of amides is 1. The summed E-state index contributed by atoms with van der Waals surface area (Å²) >= 11 is 0. The molecule has 1 aliphatic heterocycles. The first-order chi connectivity index (χ1) is 11.7. The van der Waals surface area contributed by atoms with Gasteiger partial charge in [0.05, 0.1) is 0 Å². The minimum Gasteiger partial charge on any atom is -0.357 e. The minimum atomic E-state index is -0.151. The summed E-state index contributed by atoms with van der Waals surface area (Å²) in [4.78, 5) is 30.7. The molecule has 1 N–H and O–H groups in total. The smallest absolute Gasteiger partial charge is 0.270 e. The molecule has 0 saturated carbocycles. The van der Waals surface area contributed by atoms with Gasteiger partial charge in [0.1, 0.15) is 5.69 Å². The van der Waals surface area contributed by atoms with Gasteiger partial charge in [-0.1, -0.05) is 42.5 Å². The molecule has 124 valence electrons. The SMILES string of the molecule is O=C(c1cc(=O)cc[nH]1)N1CCN(C/C=C/c2ccccc2)CC1. The van der Waals surface area contributed by atoms with Crippen LogP contribution < -0.4 is 5.43 Å². The van der Waals surface area contributed by atoms with E-state index >= 15 is 0 Å². The Bertz CT molecular complexity index is 759. The number of H-pyrrole nitrogens is 1. The quantitative estimate of drug-likeness (QED) is 0.934. The van der Waals surface area contributed by atoms with E-state index in [4.69, 9.17) is 0 Å². The Labute approximate surface area is 141 Å². The average molecular weight is 323 g/mol. The molecule has 1 saturated heterocycles. The van der Waals surface area contributed by atoms with Crippen LogP contribution >= 0.6 is 0 Å². The highest BCUT2D eigenvalue weighted by Crippen LogP contribution is 2.07. The Kier molecular flexibility index (Phi) is 5.23. The van der Waals surface area contributed by atoms with Gasteiger partial charge in [0.25, 0.3) is 5.91 Å². The van der Waals surface area contributed by atoms with Crippen LogP contribution in [0, 0.1) is 0 Å². The molecule has 1 amide bonds. The molecule has 1 aliphatic rings. The Morgan fingerprint density at radius 1 is 1.08 bits per heavy atom. The number of aromatic amines is 1. The summed E-state index contributed by atoms with van der Waals surface area (Å²) < 4.78 is 0. The molecule has 0 spiro atoms. The third-order valence-corrected chi connectivity index (χ3v) is 4.14. The lowest BCUT2D eigenvalue weighted by Gasteiger charge is -2.34. The van der Waals surface area contributed by atoms with Gasteiger partial charge in [-0.25, -0.2) is 0 Å². The number of rotatable bonds is 4. The van der Waals surface area contributed by atoms with E-state index in [1.807, 2.05) is 18.2 Å². The van der Waals surface area contributed by atoms with Crippen molar-refractivity contribution in [3.63, 3.8) is 0 Å². The minimum absolute atomic E-state index is 0.104. The Morgan fingerprint density at radius 2 is 1.83 bits per heavy atom. The fourth-order valence-corrected chi connectivity index (χ4v) is 2.77. The standard InChI is InChI=1S/C19H21N3O2/c23-17-8-9-20-18(15-17)19(24)22-13-11-21(12-14-22)10-4-7-16-5-2-1-3-6-16/h1-9,15H,10-14H2,(H,20,23)/b7-4+. The van der Waals surface area contributed by atoms with E-state index in [1.165, 1.54) is 23.9 Å². The van der Waals surface area contributed by atoms with E-state index in [-0.39, 0.29) is 11.3 Å². The van der Waals surface area contributed by atoms with Crippen LogP contribution in [-0.4, -0.2) is 53.4 Å². The van der Waals surface area contributed by atoms with E-state index < -0.39 is 0 Å². The van der Waals surface area contributed by atoms with Crippen molar-refractivity contribution >= 4 is 12.0 Å². The number of piperazine rings is 1. The second-order valence-corrected chi connectivity index (χ2v) is 5.84. The summed E-state index contributed by atoms with van der Waals surface area (Å²) in [6.07, 6.45) is 5.79. The molecule has 2 aromatic rings. The van der Waals surface area contributed by atoms with Gasteiger partial charge in [-0.3, -0.25) is 14.5 Å². The molecule has 0 atom stereocenters. The molecule has 24 heavy (non-hydrogen) atoms. The number of nitrogens with one attached hydrogen (secondary N) is 1. The lowest BCUT2D eigenvalue weighted by molar-refractivity contribution is 0.0644. The van der Waals surface area contributed by atoms with E-state index in [9.17, 15) is 9.59 Å². The Morgan fingerprint density at radius 3 is 2.54 bits per heavy atom. The van der Waals surface area contributed by atoms with Gasteiger partial charge in [-0.2, -0.15) is 0 Å². The third kappa shape index (κ3) is 4.20. The van der Waals surface area contributed by atoms with E-state index in [2.05, 4.69) is 34.2 Å². The van der Waals surface area contributed by atoms with Gasteiger partial charge in [0, 0.05) is 51.1 Å². The van der Waals surface area contributed by atoms with Gasteiger partial charge < -0.3 is 9.88 Å². The fourth-order valence-electron chi connectivity index (χ4n) is 2.77. The fraction of sp³-hybridized carbons (Fsp3) is 0.263. The van der Waals surface area contributed by atoms with Gasteiger partial charge in [0.15, 0.2) is 5.43 Å². The zero-order valence-electron chi connectivity index (χ0n) is 13.5. The molecule has 0 aliphatic carbocycles. The molecule has 1 aromatic heterocycles. The second-order valence-electron chi connectivity index (χ2n) is 5.84.